The van der Waals surface area contributed by atoms with E-state index in [4.69, 9.17) is 4.74 Å². The predicted octanol–water partition coefficient (Wildman–Crippen LogP) is 4.65. The molecule has 9 atom stereocenters. The standard InChI is InChI=1S/C25H33F3O5S/c1-5-20(31)33-25(21(32)34-12-26)13(2)8-15-16-10-18(27)17-9-14(29)6-7-22(17,3)24(16,28)19(30)11-23(15,25)4/h9,13,15-16,18-19,30H,5-8,10-12H2,1-4H3/t13-,15?,16+,18+,19+,22+,23+,24+,25+/m1/s1. The Morgan fingerprint density at radius 2 is 1.94 bits per heavy atom. The molecule has 4 aliphatic rings. The maximum atomic E-state index is 17.3. The number of ketones is 1. The summed E-state index contributed by atoms with van der Waals surface area (Å²) in [6, 6.07) is -1.01. The van der Waals surface area contributed by atoms with Gasteiger partial charge in [0.25, 0.3) is 0 Å². The summed E-state index contributed by atoms with van der Waals surface area (Å²) in [7, 11) is 0. The Bertz CT molecular complexity index is 942. The lowest BCUT2D eigenvalue weighted by molar-refractivity contribution is -0.236. The fourth-order valence-electron chi connectivity index (χ4n) is 7.98. The summed E-state index contributed by atoms with van der Waals surface area (Å²) >= 11 is 0.407. The number of halogens is 3. The smallest absolute Gasteiger partial charge is 0.306 e. The van der Waals surface area contributed by atoms with Crippen molar-refractivity contribution in [3.05, 3.63) is 11.6 Å². The van der Waals surface area contributed by atoms with Crippen LogP contribution >= 0.6 is 11.8 Å². The van der Waals surface area contributed by atoms with E-state index in [0.29, 0.717) is 11.8 Å². The van der Waals surface area contributed by atoms with E-state index in [-0.39, 0.29) is 49.9 Å². The van der Waals surface area contributed by atoms with Crippen LogP contribution in [0.1, 0.15) is 66.2 Å². The fraction of sp³-hybridized carbons (Fsp3) is 0.800. The zero-order valence-corrected chi connectivity index (χ0v) is 20.9. The summed E-state index contributed by atoms with van der Waals surface area (Å²) in [5.41, 5.74) is -6.44. The number of hydrogen-bond donors (Lipinski definition) is 1. The number of fused-ring (bicyclic) bond motifs is 5. The average Bonchev–Trinajstić information content (AvgIpc) is 2.99. The molecule has 0 heterocycles. The number of aliphatic hydroxyl groups is 1. The molecule has 0 aromatic heterocycles. The molecule has 190 valence electrons. The van der Waals surface area contributed by atoms with Crippen LogP contribution < -0.4 is 0 Å². The zero-order valence-electron chi connectivity index (χ0n) is 20.0. The van der Waals surface area contributed by atoms with Gasteiger partial charge >= 0.3 is 5.97 Å². The van der Waals surface area contributed by atoms with Gasteiger partial charge in [-0.05, 0) is 55.0 Å². The number of thioether (sulfide) groups is 1. The molecule has 0 aliphatic heterocycles. The van der Waals surface area contributed by atoms with Crippen molar-refractivity contribution in [2.24, 2.45) is 28.6 Å². The third kappa shape index (κ3) is 3.07. The summed E-state index contributed by atoms with van der Waals surface area (Å²) in [6.45, 7) is 6.58. The lowest BCUT2D eigenvalue weighted by Gasteiger charge is -2.64. The molecule has 1 unspecified atom stereocenters. The van der Waals surface area contributed by atoms with Gasteiger partial charge < -0.3 is 9.84 Å². The lowest BCUT2D eigenvalue weighted by Crippen LogP contribution is -2.71. The highest BCUT2D eigenvalue weighted by molar-refractivity contribution is 8.13. The Morgan fingerprint density at radius 1 is 1.26 bits per heavy atom. The summed E-state index contributed by atoms with van der Waals surface area (Å²) in [6.07, 6.45) is -1.94. The number of carbonyl (C=O) groups excluding carboxylic acids is 3. The normalized spacial score (nSPS) is 47.8. The summed E-state index contributed by atoms with van der Waals surface area (Å²) < 4.78 is 51.9. The van der Waals surface area contributed by atoms with Crippen LogP contribution in [0, 0.1) is 28.6 Å². The quantitative estimate of drug-likeness (QED) is 0.564. The Morgan fingerprint density at radius 3 is 2.56 bits per heavy atom. The van der Waals surface area contributed by atoms with Crippen LogP contribution in [0.2, 0.25) is 0 Å². The van der Waals surface area contributed by atoms with E-state index in [2.05, 4.69) is 0 Å². The van der Waals surface area contributed by atoms with Crippen LogP contribution in [0.15, 0.2) is 11.6 Å². The minimum absolute atomic E-state index is 0.00533. The van der Waals surface area contributed by atoms with E-state index in [1.165, 1.54) is 6.08 Å². The molecule has 5 nitrogen and oxygen atoms in total. The molecule has 4 aliphatic carbocycles. The maximum absolute atomic E-state index is 17.3. The monoisotopic (exact) mass is 502 g/mol. The molecular weight excluding hydrogens is 469 g/mol. The molecule has 3 saturated carbocycles. The molecule has 1 N–H and O–H groups in total. The van der Waals surface area contributed by atoms with Crippen molar-refractivity contribution in [1.82, 2.24) is 0 Å². The van der Waals surface area contributed by atoms with Crippen LogP contribution in [0.5, 0.6) is 0 Å². The lowest BCUT2D eigenvalue weighted by atomic mass is 9.43. The van der Waals surface area contributed by atoms with Crippen molar-refractivity contribution in [2.75, 3.05) is 6.01 Å². The van der Waals surface area contributed by atoms with Crippen LogP contribution in [-0.2, 0) is 19.1 Å². The fourth-order valence-corrected chi connectivity index (χ4v) is 8.77. The predicted molar refractivity (Wildman–Crippen MR) is 121 cm³/mol. The summed E-state index contributed by atoms with van der Waals surface area (Å²) in [5.74, 6) is -3.00. The zero-order chi connectivity index (χ0) is 25.3. The number of esters is 1. The molecule has 0 bridgehead atoms. The highest BCUT2D eigenvalue weighted by atomic mass is 32.2. The number of aliphatic hydroxyl groups excluding tert-OH is 1. The highest BCUT2D eigenvalue weighted by Gasteiger charge is 2.78. The minimum Gasteiger partial charge on any atom is -0.449 e. The summed E-state index contributed by atoms with van der Waals surface area (Å²) in [4.78, 5) is 37.9. The van der Waals surface area contributed by atoms with E-state index in [0.717, 1.165) is 0 Å². The number of hydrogen-bond acceptors (Lipinski definition) is 6. The second-order valence-corrected chi connectivity index (χ2v) is 11.8. The molecule has 4 rings (SSSR count). The van der Waals surface area contributed by atoms with Crippen molar-refractivity contribution in [2.45, 2.75) is 89.8 Å². The molecule has 9 heteroatoms. The second-order valence-electron chi connectivity index (χ2n) is 11.0. The van der Waals surface area contributed by atoms with Gasteiger partial charge in [-0.15, -0.1) is 0 Å². The first-order valence-corrected chi connectivity index (χ1v) is 13.0. The highest BCUT2D eigenvalue weighted by Crippen LogP contribution is 2.72. The van der Waals surface area contributed by atoms with Crippen LogP contribution in [0.3, 0.4) is 0 Å². The van der Waals surface area contributed by atoms with Crippen molar-refractivity contribution in [3.63, 3.8) is 0 Å². The van der Waals surface area contributed by atoms with Gasteiger partial charge in [-0.1, -0.05) is 27.7 Å². The second kappa shape index (κ2) is 8.36. The van der Waals surface area contributed by atoms with E-state index >= 15 is 8.78 Å². The Balaban J connectivity index is 1.86. The van der Waals surface area contributed by atoms with Crippen molar-refractivity contribution >= 4 is 28.6 Å². The molecule has 0 spiro atoms. The first-order chi connectivity index (χ1) is 15.8. The average molecular weight is 503 g/mol. The third-order valence-corrected chi connectivity index (χ3v) is 10.3. The number of allylic oxidation sites excluding steroid dienone is 1. The molecule has 0 aromatic rings. The molecule has 34 heavy (non-hydrogen) atoms. The molecular formula is C25H33F3O5S. The van der Waals surface area contributed by atoms with Gasteiger partial charge in [-0.2, -0.15) is 0 Å². The first kappa shape index (κ1) is 25.7. The molecule has 3 fully saturated rings. The number of carbonyl (C=O) groups is 3. The van der Waals surface area contributed by atoms with Crippen molar-refractivity contribution < 1.29 is 37.4 Å². The van der Waals surface area contributed by atoms with Crippen molar-refractivity contribution in [1.29, 1.82) is 0 Å². The van der Waals surface area contributed by atoms with E-state index < -0.39 is 69.2 Å². The molecule has 0 aromatic carbocycles. The van der Waals surface area contributed by atoms with Gasteiger partial charge in [0, 0.05) is 35.5 Å². The Hall–Kier alpha value is -1.35. The van der Waals surface area contributed by atoms with Gasteiger partial charge in [-0.3, -0.25) is 14.4 Å². The molecule has 0 radical (unpaired) electrons. The summed E-state index contributed by atoms with van der Waals surface area (Å²) in [5, 5.41) is 10.8. The van der Waals surface area contributed by atoms with Gasteiger partial charge in [-0.25, -0.2) is 13.2 Å². The minimum atomic E-state index is -2.22. The van der Waals surface area contributed by atoms with E-state index in [9.17, 15) is 23.9 Å². The Kier molecular flexibility index (Phi) is 6.32. The largest absolute Gasteiger partial charge is 0.449 e. The van der Waals surface area contributed by atoms with Crippen LogP contribution in [-0.4, -0.2) is 51.5 Å². The van der Waals surface area contributed by atoms with E-state index in [1.54, 1.807) is 27.7 Å². The van der Waals surface area contributed by atoms with Crippen LogP contribution in [0.4, 0.5) is 13.2 Å². The Labute approximate surface area is 202 Å². The van der Waals surface area contributed by atoms with Gasteiger partial charge in [0.05, 0.1) is 6.10 Å². The van der Waals surface area contributed by atoms with Crippen molar-refractivity contribution in [3.8, 4) is 0 Å². The number of rotatable bonds is 4. The van der Waals surface area contributed by atoms with Gasteiger partial charge in [0.1, 0.15) is 17.8 Å². The van der Waals surface area contributed by atoms with Gasteiger partial charge in [0.15, 0.2) is 11.4 Å². The van der Waals surface area contributed by atoms with Gasteiger partial charge in [0.2, 0.25) is 5.12 Å². The van der Waals surface area contributed by atoms with E-state index in [1.807, 2.05) is 0 Å². The SMILES string of the molecule is CCC(=O)O[C@]1(C(=O)SCF)[C@H](C)CC2[C@@H]3C[C@H](F)C4=CC(=O)CC[C@]4(C)[C@@]3(F)[C@@H](O)C[C@@]21C. The van der Waals surface area contributed by atoms with Crippen LogP contribution in [0.25, 0.3) is 0 Å². The first-order valence-electron chi connectivity index (χ1n) is 12.0. The molecule has 0 amide bonds. The topological polar surface area (TPSA) is 80.7 Å². The maximum Gasteiger partial charge on any atom is 0.306 e. The number of ether oxygens (including phenoxy) is 1. The molecule has 0 saturated heterocycles. The third-order valence-electron chi connectivity index (χ3n) is 9.62. The number of alkyl halides is 3.